The van der Waals surface area contributed by atoms with Gasteiger partial charge in [-0.05, 0) is 19.8 Å². The van der Waals surface area contributed by atoms with Crippen LogP contribution < -0.4 is 11.1 Å². The second-order valence-corrected chi connectivity index (χ2v) is 3.76. The summed E-state index contributed by atoms with van der Waals surface area (Å²) in [6.45, 7) is 1.64. The van der Waals surface area contributed by atoms with Gasteiger partial charge in [-0.15, -0.1) is 0 Å². The predicted octanol–water partition coefficient (Wildman–Crippen LogP) is -0.247. The number of amides is 1. The van der Waals surface area contributed by atoms with Gasteiger partial charge in [0.15, 0.2) is 0 Å². The van der Waals surface area contributed by atoms with Crippen molar-refractivity contribution in [2.24, 2.45) is 5.73 Å². The molecule has 0 aromatic rings. The molecule has 0 heterocycles. The molecule has 1 fully saturated rings. The molecular weight excluding hydrogens is 168 g/mol. The lowest BCUT2D eigenvalue weighted by Crippen LogP contribution is -2.49. The van der Waals surface area contributed by atoms with E-state index >= 15 is 0 Å². The van der Waals surface area contributed by atoms with E-state index in [0.29, 0.717) is 0 Å². The van der Waals surface area contributed by atoms with Crippen molar-refractivity contribution < 1.29 is 9.90 Å². The van der Waals surface area contributed by atoms with Crippen molar-refractivity contribution in [1.82, 2.24) is 5.32 Å². The minimum Gasteiger partial charge on any atom is -0.391 e. The molecule has 0 saturated heterocycles. The minimum atomic E-state index is -0.492. The van der Waals surface area contributed by atoms with E-state index < -0.39 is 12.1 Å². The average molecular weight is 186 g/mol. The zero-order valence-corrected chi connectivity index (χ0v) is 7.99. The van der Waals surface area contributed by atoms with Crippen molar-refractivity contribution >= 4 is 5.91 Å². The van der Waals surface area contributed by atoms with E-state index in [1.807, 2.05) is 0 Å². The highest BCUT2D eigenvalue weighted by Gasteiger charge is 2.24. The molecule has 3 atom stereocenters. The van der Waals surface area contributed by atoms with Crippen molar-refractivity contribution in [2.45, 2.75) is 50.8 Å². The van der Waals surface area contributed by atoms with E-state index in [1.54, 1.807) is 6.92 Å². The predicted molar refractivity (Wildman–Crippen MR) is 50.1 cm³/mol. The normalized spacial score (nSPS) is 31.0. The van der Waals surface area contributed by atoms with Gasteiger partial charge in [-0.25, -0.2) is 0 Å². The molecule has 0 aromatic heterocycles. The van der Waals surface area contributed by atoms with E-state index in [2.05, 4.69) is 5.32 Å². The van der Waals surface area contributed by atoms with E-state index in [9.17, 15) is 9.90 Å². The molecule has 4 heteroatoms. The molecule has 0 spiro atoms. The topological polar surface area (TPSA) is 75.4 Å². The molecule has 1 rings (SSSR count). The summed E-state index contributed by atoms with van der Waals surface area (Å²) in [7, 11) is 0. The number of rotatable bonds is 2. The third-order valence-electron chi connectivity index (χ3n) is 2.47. The van der Waals surface area contributed by atoms with Gasteiger partial charge in [0.25, 0.3) is 0 Å². The molecule has 0 bridgehead atoms. The molecule has 1 aliphatic rings. The fourth-order valence-corrected chi connectivity index (χ4v) is 1.59. The van der Waals surface area contributed by atoms with E-state index in [0.717, 1.165) is 25.7 Å². The highest BCUT2D eigenvalue weighted by molar-refractivity contribution is 5.81. The first-order valence-electron chi connectivity index (χ1n) is 4.85. The second kappa shape index (κ2) is 4.58. The van der Waals surface area contributed by atoms with Gasteiger partial charge in [0.1, 0.15) is 0 Å². The first kappa shape index (κ1) is 10.5. The van der Waals surface area contributed by atoms with Crippen LogP contribution in [-0.2, 0) is 4.79 Å². The minimum absolute atomic E-state index is 0.0905. The van der Waals surface area contributed by atoms with Crippen LogP contribution in [0, 0.1) is 0 Å². The summed E-state index contributed by atoms with van der Waals surface area (Å²) in [5.41, 5.74) is 5.40. The fourth-order valence-electron chi connectivity index (χ4n) is 1.59. The standard InChI is InChI=1S/C9H18N2O2/c1-6(10)9(13)11-7-4-2-3-5-8(7)12/h6-8,12H,2-5,10H2,1H3,(H,11,13)/t6-,7+,8-/m1/s1. The van der Waals surface area contributed by atoms with Crippen LogP contribution in [0.25, 0.3) is 0 Å². The van der Waals surface area contributed by atoms with Crippen LogP contribution in [0.2, 0.25) is 0 Å². The maximum atomic E-state index is 11.2. The average Bonchev–Trinajstić information content (AvgIpc) is 2.08. The van der Waals surface area contributed by atoms with Crippen LogP contribution in [0.4, 0.5) is 0 Å². The zero-order chi connectivity index (χ0) is 9.84. The molecule has 1 saturated carbocycles. The van der Waals surface area contributed by atoms with Crippen molar-refractivity contribution in [2.75, 3.05) is 0 Å². The third-order valence-corrected chi connectivity index (χ3v) is 2.47. The Morgan fingerprint density at radius 2 is 2.15 bits per heavy atom. The van der Waals surface area contributed by atoms with Crippen LogP contribution in [0.15, 0.2) is 0 Å². The van der Waals surface area contributed by atoms with Gasteiger partial charge in [0.2, 0.25) is 5.91 Å². The van der Waals surface area contributed by atoms with Crippen LogP contribution in [0.5, 0.6) is 0 Å². The number of nitrogens with two attached hydrogens (primary N) is 1. The fraction of sp³-hybridized carbons (Fsp3) is 0.889. The lowest BCUT2D eigenvalue weighted by atomic mass is 9.92. The number of carbonyl (C=O) groups excluding carboxylic acids is 1. The van der Waals surface area contributed by atoms with Crippen molar-refractivity contribution in [1.29, 1.82) is 0 Å². The SMILES string of the molecule is C[C@@H](N)C(=O)N[C@H]1CCCC[C@H]1O. The Morgan fingerprint density at radius 3 is 2.69 bits per heavy atom. The summed E-state index contributed by atoms with van der Waals surface area (Å²) >= 11 is 0. The molecule has 0 aliphatic heterocycles. The molecule has 0 radical (unpaired) electrons. The Morgan fingerprint density at radius 1 is 1.54 bits per heavy atom. The van der Waals surface area contributed by atoms with Crippen LogP contribution in [-0.4, -0.2) is 29.2 Å². The summed E-state index contributed by atoms with van der Waals surface area (Å²) in [6, 6.07) is -0.582. The number of aliphatic hydroxyl groups excluding tert-OH is 1. The molecule has 4 nitrogen and oxygen atoms in total. The van der Waals surface area contributed by atoms with E-state index in [1.165, 1.54) is 0 Å². The largest absolute Gasteiger partial charge is 0.391 e. The molecule has 1 amide bonds. The summed E-state index contributed by atoms with van der Waals surface area (Å²) in [5.74, 6) is -0.175. The number of aliphatic hydroxyl groups is 1. The Hall–Kier alpha value is -0.610. The molecule has 76 valence electrons. The summed E-state index contributed by atoms with van der Waals surface area (Å²) in [5, 5.41) is 12.3. The zero-order valence-electron chi connectivity index (χ0n) is 7.99. The van der Waals surface area contributed by atoms with Crippen LogP contribution in [0.1, 0.15) is 32.6 Å². The smallest absolute Gasteiger partial charge is 0.236 e. The monoisotopic (exact) mass is 186 g/mol. The Balaban J connectivity index is 2.38. The molecule has 1 aliphatic carbocycles. The number of carbonyl (C=O) groups is 1. The first-order valence-corrected chi connectivity index (χ1v) is 4.85. The maximum Gasteiger partial charge on any atom is 0.236 e. The second-order valence-electron chi connectivity index (χ2n) is 3.76. The third kappa shape index (κ3) is 2.97. The summed E-state index contributed by atoms with van der Waals surface area (Å²) in [4.78, 5) is 11.2. The summed E-state index contributed by atoms with van der Waals surface area (Å²) < 4.78 is 0. The first-order chi connectivity index (χ1) is 6.11. The molecule has 0 aromatic carbocycles. The number of hydrogen-bond donors (Lipinski definition) is 3. The molecule has 4 N–H and O–H groups in total. The highest BCUT2D eigenvalue weighted by atomic mass is 16.3. The van der Waals surface area contributed by atoms with Crippen LogP contribution in [0.3, 0.4) is 0 Å². The number of nitrogens with one attached hydrogen (secondary N) is 1. The number of hydrogen-bond acceptors (Lipinski definition) is 3. The Kier molecular flexibility index (Phi) is 3.69. The summed E-state index contributed by atoms with van der Waals surface area (Å²) in [6.07, 6.45) is 3.37. The quantitative estimate of drug-likeness (QED) is 0.557. The Labute approximate surface area is 78.5 Å². The van der Waals surface area contributed by atoms with Gasteiger partial charge in [0.05, 0.1) is 18.2 Å². The van der Waals surface area contributed by atoms with E-state index in [4.69, 9.17) is 5.73 Å². The Bertz CT molecular complexity index is 182. The van der Waals surface area contributed by atoms with Gasteiger partial charge in [-0.3, -0.25) is 4.79 Å². The van der Waals surface area contributed by atoms with Gasteiger partial charge < -0.3 is 16.2 Å². The van der Waals surface area contributed by atoms with Crippen LogP contribution >= 0.6 is 0 Å². The van der Waals surface area contributed by atoms with E-state index in [-0.39, 0.29) is 11.9 Å². The molecule has 0 unspecified atom stereocenters. The van der Waals surface area contributed by atoms with Crippen molar-refractivity contribution in [3.63, 3.8) is 0 Å². The molecular formula is C9H18N2O2. The molecule has 13 heavy (non-hydrogen) atoms. The van der Waals surface area contributed by atoms with Gasteiger partial charge in [-0.1, -0.05) is 12.8 Å². The van der Waals surface area contributed by atoms with Gasteiger partial charge >= 0.3 is 0 Å². The lowest BCUT2D eigenvalue weighted by molar-refractivity contribution is -0.123. The van der Waals surface area contributed by atoms with Gasteiger partial charge in [-0.2, -0.15) is 0 Å². The lowest BCUT2D eigenvalue weighted by Gasteiger charge is -2.28. The van der Waals surface area contributed by atoms with Gasteiger partial charge in [0, 0.05) is 0 Å². The highest BCUT2D eigenvalue weighted by Crippen LogP contribution is 2.18. The van der Waals surface area contributed by atoms with Crippen molar-refractivity contribution in [3.8, 4) is 0 Å². The maximum absolute atomic E-state index is 11.2. The van der Waals surface area contributed by atoms with Crippen molar-refractivity contribution in [3.05, 3.63) is 0 Å².